The number of benzene rings is 4. The van der Waals surface area contributed by atoms with Gasteiger partial charge in [-0.15, -0.1) is 0 Å². The number of rotatable bonds is 11. The molecular weight excluding hydrogens is 596 g/mol. The zero-order chi connectivity index (χ0) is 33.3. The largest absolute Gasteiger partial charge is 0.478 e. The highest BCUT2D eigenvalue weighted by Crippen LogP contribution is 2.31. The van der Waals surface area contributed by atoms with Crippen LogP contribution in [0.3, 0.4) is 0 Å². The van der Waals surface area contributed by atoms with Crippen LogP contribution in [0.2, 0.25) is 0 Å². The van der Waals surface area contributed by atoms with Gasteiger partial charge in [-0.25, -0.2) is 14.4 Å². The minimum Gasteiger partial charge on any atom is -0.478 e. The molecule has 1 aliphatic rings. The van der Waals surface area contributed by atoms with Crippen molar-refractivity contribution < 1.29 is 38.5 Å². The maximum Gasteiger partial charge on any atom is 0.343 e. The molecule has 8 heteroatoms. The van der Waals surface area contributed by atoms with Crippen LogP contribution in [-0.2, 0) is 14.3 Å². The monoisotopic (exact) mass is 630 g/mol. The first kappa shape index (κ1) is 32.6. The van der Waals surface area contributed by atoms with Gasteiger partial charge in [0, 0.05) is 5.57 Å². The molecule has 1 saturated carbocycles. The van der Waals surface area contributed by atoms with Crippen molar-refractivity contribution in [3.63, 3.8) is 0 Å². The Morgan fingerprint density at radius 3 is 1.91 bits per heavy atom. The first-order valence-corrected chi connectivity index (χ1v) is 15.3. The Bertz CT molecular complexity index is 1800. The highest BCUT2D eigenvalue weighted by Gasteiger charge is 2.21. The second-order valence-electron chi connectivity index (χ2n) is 11.2. The van der Waals surface area contributed by atoms with Crippen LogP contribution in [0.4, 0.5) is 0 Å². The van der Waals surface area contributed by atoms with E-state index >= 15 is 0 Å². The smallest absolute Gasteiger partial charge is 0.343 e. The predicted molar refractivity (Wildman–Crippen MR) is 178 cm³/mol. The third kappa shape index (κ3) is 8.49. The third-order valence-corrected chi connectivity index (χ3v) is 7.91. The Morgan fingerprint density at radius 1 is 0.723 bits per heavy atom. The number of hydrogen-bond acceptors (Lipinski definition) is 7. The van der Waals surface area contributed by atoms with Crippen LogP contribution in [-0.4, -0.2) is 35.1 Å². The predicted octanol–water partition coefficient (Wildman–Crippen LogP) is 8.31. The van der Waals surface area contributed by atoms with Gasteiger partial charge in [-0.1, -0.05) is 68.1 Å². The SMILES string of the molecule is C=Cc1cc(OC(=O)c2ccc(OC(=O)C(=C)CC(=O)OC3CCCCC3)cc2)ccc1-c1ccc(-c2ccc(C(=O)O)cc2)cc1. The number of carboxylic acids is 1. The van der Waals surface area contributed by atoms with Gasteiger partial charge in [0.2, 0.25) is 0 Å². The summed E-state index contributed by atoms with van der Waals surface area (Å²) in [6.07, 6.45) is 6.19. The number of carbonyl (C=O) groups is 4. The van der Waals surface area contributed by atoms with Crippen molar-refractivity contribution in [3.05, 3.63) is 126 Å². The third-order valence-electron chi connectivity index (χ3n) is 7.91. The number of ether oxygens (including phenoxy) is 3. The second kappa shape index (κ2) is 15.0. The van der Waals surface area contributed by atoms with Crippen LogP contribution in [0.5, 0.6) is 11.5 Å². The summed E-state index contributed by atoms with van der Waals surface area (Å²) in [4.78, 5) is 48.7. The minimum absolute atomic E-state index is 0.0148. The van der Waals surface area contributed by atoms with E-state index in [4.69, 9.17) is 19.3 Å². The molecule has 0 unspecified atom stereocenters. The molecule has 4 aromatic carbocycles. The summed E-state index contributed by atoms with van der Waals surface area (Å²) in [5, 5.41) is 9.13. The topological polar surface area (TPSA) is 116 Å². The van der Waals surface area contributed by atoms with Crippen molar-refractivity contribution in [2.75, 3.05) is 0 Å². The molecule has 8 nitrogen and oxygen atoms in total. The van der Waals surface area contributed by atoms with Crippen LogP contribution < -0.4 is 9.47 Å². The molecule has 0 amide bonds. The second-order valence-corrected chi connectivity index (χ2v) is 11.2. The van der Waals surface area contributed by atoms with Gasteiger partial charge in [-0.2, -0.15) is 0 Å². The van der Waals surface area contributed by atoms with Crippen LogP contribution in [0.1, 0.15) is 64.8 Å². The Labute approximate surface area is 272 Å². The van der Waals surface area contributed by atoms with Crippen molar-refractivity contribution in [2.24, 2.45) is 0 Å². The summed E-state index contributed by atoms with van der Waals surface area (Å²) in [5.41, 5.74) is 4.88. The van der Waals surface area contributed by atoms with Gasteiger partial charge in [0.15, 0.2) is 0 Å². The maximum absolute atomic E-state index is 12.9. The average molecular weight is 631 g/mol. The van der Waals surface area contributed by atoms with Crippen LogP contribution in [0.15, 0.2) is 110 Å². The molecule has 47 heavy (non-hydrogen) atoms. The Hall–Kier alpha value is -5.76. The lowest BCUT2D eigenvalue weighted by atomic mass is 9.96. The molecule has 0 saturated heterocycles. The van der Waals surface area contributed by atoms with Gasteiger partial charge in [-0.05, 0) is 102 Å². The van der Waals surface area contributed by atoms with Crippen molar-refractivity contribution >= 4 is 30.0 Å². The summed E-state index contributed by atoms with van der Waals surface area (Å²) in [6.45, 7) is 7.58. The van der Waals surface area contributed by atoms with E-state index in [-0.39, 0.29) is 35.0 Å². The lowest BCUT2D eigenvalue weighted by Crippen LogP contribution is -2.22. The fourth-order valence-electron chi connectivity index (χ4n) is 5.34. The average Bonchev–Trinajstić information content (AvgIpc) is 3.09. The number of aromatic carboxylic acids is 1. The summed E-state index contributed by atoms with van der Waals surface area (Å²) in [6, 6.07) is 25.7. The number of carboxylic acid groups (broad SMARTS) is 1. The minimum atomic E-state index is -0.970. The van der Waals surface area contributed by atoms with E-state index in [9.17, 15) is 19.2 Å². The Morgan fingerprint density at radius 2 is 1.30 bits per heavy atom. The molecule has 0 heterocycles. The molecule has 0 aromatic heterocycles. The van der Waals surface area contributed by atoms with Crippen molar-refractivity contribution in [2.45, 2.75) is 44.6 Å². The normalized spacial score (nSPS) is 12.9. The molecule has 0 spiro atoms. The van der Waals surface area contributed by atoms with Gasteiger partial charge < -0.3 is 19.3 Å². The van der Waals surface area contributed by atoms with Crippen molar-refractivity contribution in [1.82, 2.24) is 0 Å². The highest BCUT2D eigenvalue weighted by atomic mass is 16.5. The zero-order valence-corrected chi connectivity index (χ0v) is 25.8. The quantitative estimate of drug-likeness (QED) is 0.0999. The van der Waals surface area contributed by atoms with Crippen molar-refractivity contribution in [1.29, 1.82) is 0 Å². The first-order chi connectivity index (χ1) is 22.7. The van der Waals surface area contributed by atoms with E-state index in [1.165, 1.54) is 24.3 Å². The van der Waals surface area contributed by atoms with E-state index in [0.717, 1.165) is 59.9 Å². The number of carbonyl (C=O) groups excluding carboxylic acids is 3. The molecule has 0 atom stereocenters. The van der Waals surface area contributed by atoms with E-state index in [1.54, 1.807) is 42.5 Å². The molecule has 1 fully saturated rings. The molecule has 238 valence electrons. The highest BCUT2D eigenvalue weighted by molar-refractivity contribution is 5.95. The molecular formula is C39H34O8. The van der Waals surface area contributed by atoms with E-state index in [0.29, 0.717) is 5.75 Å². The summed E-state index contributed by atoms with van der Waals surface area (Å²) in [5.74, 6) is -2.29. The van der Waals surface area contributed by atoms with Gasteiger partial charge >= 0.3 is 23.9 Å². The van der Waals surface area contributed by atoms with Gasteiger partial charge in [-0.3, -0.25) is 4.79 Å². The maximum atomic E-state index is 12.9. The molecule has 0 bridgehead atoms. The molecule has 1 N–H and O–H groups in total. The molecule has 0 radical (unpaired) electrons. The summed E-state index contributed by atoms with van der Waals surface area (Å²) >= 11 is 0. The van der Waals surface area contributed by atoms with Gasteiger partial charge in [0.05, 0.1) is 17.5 Å². The fourth-order valence-corrected chi connectivity index (χ4v) is 5.34. The molecule has 5 rings (SSSR count). The van der Waals surface area contributed by atoms with Crippen molar-refractivity contribution in [3.8, 4) is 33.8 Å². The van der Waals surface area contributed by atoms with Gasteiger partial charge in [0.25, 0.3) is 0 Å². The number of esters is 3. The fraction of sp³-hybridized carbons (Fsp3) is 0.179. The molecule has 0 aliphatic heterocycles. The lowest BCUT2D eigenvalue weighted by Gasteiger charge is -2.21. The van der Waals surface area contributed by atoms with Crippen LogP contribution in [0.25, 0.3) is 28.3 Å². The molecule has 1 aliphatic carbocycles. The Kier molecular flexibility index (Phi) is 10.4. The zero-order valence-electron chi connectivity index (χ0n) is 25.8. The standard InChI is InChI=1S/C39H34O8/c1-3-26-24-34(21-22-35(26)29-13-9-27(10-14-29)28-11-15-30(16-12-28)37(41)42)47-39(44)31-17-19-33(20-18-31)46-38(43)25(2)23-36(40)45-32-7-5-4-6-8-32/h3,9-22,24,32H,1-2,4-8,23H2,(H,41,42). The van der Waals surface area contributed by atoms with E-state index in [2.05, 4.69) is 13.2 Å². The van der Waals surface area contributed by atoms with Crippen LogP contribution in [0, 0.1) is 0 Å². The molecule has 4 aromatic rings. The van der Waals surface area contributed by atoms with E-state index in [1.807, 2.05) is 30.3 Å². The van der Waals surface area contributed by atoms with Gasteiger partial charge in [0.1, 0.15) is 17.6 Å². The van der Waals surface area contributed by atoms with Crippen LogP contribution >= 0.6 is 0 Å². The summed E-state index contributed by atoms with van der Waals surface area (Å²) in [7, 11) is 0. The van der Waals surface area contributed by atoms with E-state index < -0.39 is 23.9 Å². The number of hydrogen-bond donors (Lipinski definition) is 1. The lowest BCUT2D eigenvalue weighted by molar-refractivity contribution is -0.150. The summed E-state index contributed by atoms with van der Waals surface area (Å²) < 4.78 is 16.4. The first-order valence-electron chi connectivity index (χ1n) is 15.3. The Balaban J connectivity index is 1.17.